The van der Waals surface area contributed by atoms with Crippen LogP contribution in [0.2, 0.25) is 0 Å². The van der Waals surface area contributed by atoms with Gasteiger partial charge in [0.2, 0.25) is 17.7 Å². The Hall–Kier alpha value is -2.86. The lowest BCUT2D eigenvalue weighted by atomic mass is 9.88. The minimum absolute atomic E-state index is 0.0145. The van der Waals surface area contributed by atoms with Crippen molar-refractivity contribution in [3.63, 3.8) is 0 Å². The van der Waals surface area contributed by atoms with Crippen molar-refractivity contribution in [1.82, 2.24) is 26.3 Å². The molecule has 0 unspecified atom stereocenters. The van der Waals surface area contributed by atoms with Gasteiger partial charge in [-0.25, -0.2) is 4.79 Å². The van der Waals surface area contributed by atoms with Gasteiger partial charge in [0.25, 0.3) is 0 Å². The van der Waals surface area contributed by atoms with Crippen molar-refractivity contribution in [1.29, 1.82) is 0 Å². The first-order valence-electron chi connectivity index (χ1n) is 14.8. The number of ether oxygens (including phenoxy) is 1. The van der Waals surface area contributed by atoms with Gasteiger partial charge in [-0.2, -0.15) is 11.8 Å². The van der Waals surface area contributed by atoms with Gasteiger partial charge in [-0.15, -0.1) is 0 Å². The Morgan fingerprint density at radius 3 is 2.26 bits per heavy atom. The molecule has 0 fully saturated rings. The summed E-state index contributed by atoms with van der Waals surface area (Å²) < 4.78 is 5.26. The maximum Gasteiger partial charge on any atom is 0.408 e. The zero-order chi connectivity index (χ0) is 31.7. The normalized spacial score (nSPS) is 14.8. The number of carbonyl (C=O) groups is 4. The summed E-state index contributed by atoms with van der Waals surface area (Å²) >= 11 is 1.39. The Kier molecular flexibility index (Phi) is 17.8. The number of amides is 4. The van der Waals surface area contributed by atoms with Crippen molar-refractivity contribution in [2.24, 2.45) is 17.8 Å². The van der Waals surface area contributed by atoms with E-state index in [-0.39, 0.29) is 36.7 Å². The van der Waals surface area contributed by atoms with Gasteiger partial charge in [0.1, 0.15) is 18.7 Å². The Morgan fingerprint density at radius 1 is 1.00 bits per heavy atom. The van der Waals surface area contributed by atoms with Gasteiger partial charge in [-0.3, -0.25) is 19.4 Å². The molecule has 4 amide bonds. The van der Waals surface area contributed by atoms with Crippen molar-refractivity contribution in [2.45, 2.75) is 98.1 Å². The summed E-state index contributed by atoms with van der Waals surface area (Å²) in [6.45, 7) is 11.9. The summed E-state index contributed by atoms with van der Waals surface area (Å²) in [5, 5.41) is 22.5. The summed E-state index contributed by atoms with van der Waals surface area (Å²) in [7, 11) is 0. The Bertz CT molecular complexity index is 965. The quantitative estimate of drug-likeness (QED) is 0.160. The highest BCUT2D eigenvalue weighted by atomic mass is 32.2. The van der Waals surface area contributed by atoms with Crippen LogP contribution in [0.4, 0.5) is 4.79 Å². The van der Waals surface area contributed by atoms with Crippen LogP contribution in [0.1, 0.15) is 72.8 Å². The molecule has 0 spiro atoms. The van der Waals surface area contributed by atoms with Crippen LogP contribution in [-0.4, -0.2) is 76.7 Å². The Labute approximate surface area is 255 Å². The summed E-state index contributed by atoms with van der Waals surface area (Å²) in [4.78, 5) is 55.5. The molecule has 1 aromatic heterocycles. The number of rotatable bonds is 19. The third-order valence-electron chi connectivity index (χ3n) is 6.68. The van der Waals surface area contributed by atoms with Crippen molar-refractivity contribution < 1.29 is 29.0 Å². The number of hydrogen-bond donors (Lipinski definition) is 5. The number of likely N-dealkylation sites (N-methyl/N-ethyl adjacent to an activating group) is 1. The number of nitrogens with one attached hydrogen (secondary N) is 4. The fraction of sp³-hybridized carbons (Fsp3) is 0.700. The molecule has 42 heavy (non-hydrogen) atoms. The maximum absolute atomic E-state index is 13.3. The lowest BCUT2D eigenvalue weighted by Gasteiger charge is -2.30. The van der Waals surface area contributed by atoms with E-state index >= 15 is 0 Å². The van der Waals surface area contributed by atoms with Crippen LogP contribution in [0.5, 0.6) is 0 Å². The molecule has 238 valence electrons. The van der Waals surface area contributed by atoms with Gasteiger partial charge in [0.05, 0.1) is 12.1 Å². The second-order valence-corrected chi connectivity index (χ2v) is 12.2. The third-order valence-corrected chi connectivity index (χ3v) is 7.35. The molecule has 12 heteroatoms. The van der Waals surface area contributed by atoms with Crippen LogP contribution in [-0.2, 0) is 25.7 Å². The molecule has 1 aromatic rings. The number of thioether (sulfide) groups is 1. The first-order chi connectivity index (χ1) is 19.9. The van der Waals surface area contributed by atoms with Crippen LogP contribution in [0.3, 0.4) is 0 Å². The molecular weight excluding hydrogens is 558 g/mol. The second-order valence-electron chi connectivity index (χ2n) is 11.2. The van der Waals surface area contributed by atoms with E-state index in [0.29, 0.717) is 31.6 Å². The highest BCUT2D eigenvalue weighted by Gasteiger charge is 2.32. The molecule has 0 saturated heterocycles. The first kappa shape index (κ1) is 37.2. The Balaban J connectivity index is 2.95. The maximum atomic E-state index is 13.3. The number of alkyl carbamates (subject to hydrolysis) is 1. The van der Waals surface area contributed by atoms with E-state index in [9.17, 15) is 24.3 Å². The molecule has 1 heterocycles. The van der Waals surface area contributed by atoms with Crippen LogP contribution in [0.15, 0.2) is 24.5 Å². The number of aromatic nitrogens is 1. The van der Waals surface area contributed by atoms with Crippen LogP contribution >= 0.6 is 11.8 Å². The molecule has 5 atom stereocenters. The number of nitrogens with zero attached hydrogens (tertiary/aromatic N) is 1. The first-order valence-corrected chi connectivity index (χ1v) is 16.2. The summed E-state index contributed by atoms with van der Waals surface area (Å²) in [6, 6.07) is 1.30. The lowest BCUT2D eigenvalue weighted by Crippen LogP contribution is -2.55. The fourth-order valence-corrected chi connectivity index (χ4v) is 5.09. The van der Waals surface area contributed by atoms with Gasteiger partial charge in [-0.1, -0.05) is 47.1 Å². The lowest BCUT2D eigenvalue weighted by molar-refractivity contribution is -0.133. The van der Waals surface area contributed by atoms with E-state index in [1.165, 1.54) is 11.8 Å². The van der Waals surface area contributed by atoms with E-state index in [1.807, 2.05) is 47.8 Å². The van der Waals surface area contributed by atoms with E-state index in [0.717, 1.165) is 5.56 Å². The van der Waals surface area contributed by atoms with Crippen molar-refractivity contribution in [3.8, 4) is 0 Å². The molecule has 0 aromatic carbocycles. The van der Waals surface area contributed by atoms with Crippen molar-refractivity contribution in [2.75, 3.05) is 18.6 Å². The summed E-state index contributed by atoms with van der Waals surface area (Å²) in [5.41, 5.74) is 0.718. The zero-order valence-electron chi connectivity index (χ0n) is 26.1. The predicted octanol–water partition coefficient (Wildman–Crippen LogP) is 3.01. The average molecular weight is 610 g/mol. The molecule has 0 aliphatic carbocycles. The topological polar surface area (TPSA) is 159 Å². The predicted molar refractivity (Wildman–Crippen MR) is 166 cm³/mol. The van der Waals surface area contributed by atoms with E-state index < -0.39 is 42.1 Å². The third kappa shape index (κ3) is 13.9. The minimum Gasteiger partial charge on any atom is -0.445 e. The van der Waals surface area contributed by atoms with Gasteiger partial charge < -0.3 is 31.1 Å². The molecule has 1 rings (SSSR count). The van der Waals surface area contributed by atoms with Gasteiger partial charge in [0.15, 0.2) is 0 Å². The number of aliphatic hydroxyl groups excluding tert-OH is 1. The van der Waals surface area contributed by atoms with Crippen molar-refractivity contribution in [3.05, 3.63) is 30.1 Å². The van der Waals surface area contributed by atoms with E-state index in [2.05, 4.69) is 26.3 Å². The van der Waals surface area contributed by atoms with Crippen LogP contribution in [0.25, 0.3) is 0 Å². The minimum atomic E-state index is -1.02. The molecular formula is C30H51N5O6S. The molecule has 0 radical (unpaired) electrons. The van der Waals surface area contributed by atoms with Gasteiger partial charge in [-0.05, 0) is 50.3 Å². The molecule has 11 nitrogen and oxygen atoms in total. The number of pyridine rings is 1. The van der Waals surface area contributed by atoms with E-state index in [4.69, 9.17) is 4.74 Å². The highest BCUT2D eigenvalue weighted by molar-refractivity contribution is 7.98. The fourth-order valence-electron chi connectivity index (χ4n) is 4.52. The highest BCUT2D eigenvalue weighted by Crippen LogP contribution is 2.20. The monoisotopic (exact) mass is 609 g/mol. The van der Waals surface area contributed by atoms with Crippen molar-refractivity contribution >= 4 is 35.6 Å². The average Bonchev–Trinajstić information content (AvgIpc) is 2.93. The Morgan fingerprint density at radius 2 is 1.71 bits per heavy atom. The number of carbonyl (C=O) groups excluding carboxylic acids is 4. The van der Waals surface area contributed by atoms with Gasteiger partial charge in [0, 0.05) is 36.2 Å². The molecule has 0 aliphatic rings. The number of aliphatic hydroxyl groups is 1. The van der Waals surface area contributed by atoms with Crippen LogP contribution in [0, 0.1) is 17.8 Å². The zero-order valence-corrected chi connectivity index (χ0v) is 27.0. The molecule has 5 N–H and O–H groups in total. The van der Waals surface area contributed by atoms with E-state index in [1.54, 1.807) is 24.5 Å². The molecule has 0 aliphatic heterocycles. The second kappa shape index (κ2) is 20.1. The smallest absolute Gasteiger partial charge is 0.408 e. The largest absolute Gasteiger partial charge is 0.445 e. The molecule has 0 saturated carbocycles. The number of hydrogen-bond acceptors (Lipinski definition) is 8. The standard InChI is InChI=1S/C30H51N5O6S/c1-8-11-22(27(37)35-26(20(5)6)29(39)32-9-2)15-25(36)23(14-19(3)4)33-28(38)24(18-42-7)34-30(40)41-17-21-12-10-13-31-16-21/h10,12-13,16,19-20,22-26,36H,8-9,11,14-15,17-18H2,1-7H3,(H,32,39)(H,33,38)(H,34,40)(H,35,37)/t22-,23+,24+,25+,26+/m1/s1. The van der Waals surface area contributed by atoms with Crippen LogP contribution < -0.4 is 21.3 Å². The summed E-state index contributed by atoms with van der Waals surface area (Å²) in [6.07, 6.45) is 5.09. The summed E-state index contributed by atoms with van der Waals surface area (Å²) in [5.74, 6) is -1.20. The molecule has 0 bridgehead atoms. The van der Waals surface area contributed by atoms with Gasteiger partial charge >= 0.3 is 6.09 Å². The SMILES string of the molecule is CCC[C@H](C[C@H](O)[C@H](CC(C)C)NC(=O)[C@H](CSC)NC(=O)OCc1cccnc1)C(=O)N[C@H](C(=O)NCC)C(C)C.